The minimum Gasteiger partial charge on any atom is -0.314 e. The highest BCUT2D eigenvalue weighted by Crippen LogP contribution is 2.24. The zero-order valence-corrected chi connectivity index (χ0v) is 11.6. The summed E-state index contributed by atoms with van der Waals surface area (Å²) >= 11 is 0. The summed E-state index contributed by atoms with van der Waals surface area (Å²) in [5, 5.41) is 3.59. The van der Waals surface area contributed by atoms with Crippen LogP contribution in [0.1, 0.15) is 59.8 Å². The minimum atomic E-state index is 0.709. The van der Waals surface area contributed by atoms with Gasteiger partial charge in [0.1, 0.15) is 0 Å². The van der Waals surface area contributed by atoms with Crippen LogP contribution in [-0.4, -0.2) is 36.1 Å². The summed E-state index contributed by atoms with van der Waals surface area (Å²) in [5.41, 5.74) is 0. The van der Waals surface area contributed by atoms with Crippen molar-refractivity contribution in [2.45, 2.75) is 77.9 Å². The van der Waals surface area contributed by atoms with Crippen molar-refractivity contribution in [1.82, 2.24) is 10.2 Å². The summed E-state index contributed by atoms with van der Waals surface area (Å²) in [5.74, 6) is 0. The number of nitrogens with zero attached hydrogens (tertiary/aromatic N) is 1. The van der Waals surface area contributed by atoms with Crippen molar-refractivity contribution in [3.05, 3.63) is 0 Å². The number of hydrogen-bond acceptors (Lipinski definition) is 2. The van der Waals surface area contributed by atoms with Gasteiger partial charge in [-0.3, -0.25) is 4.90 Å². The first-order valence-electron chi connectivity index (χ1n) is 7.18. The van der Waals surface area contributed by atoms with Crippen LogP contribution in [0.5, 0.6) is 0 Å². The van der Waals surface area contributed by atoms with Crippen LogP contribution in [0.3, 0.4) is 0 Å². The maximum atomic E-state index is 3.59. The van der Waals surface area contributed by atoms with E-state index < -0.39 is 0 Å². The molecule has 2 heteroatoms. The van der Waals surface area contributed by atoms with E-state index in [4.69, 9.17) is 0 Å². The molecule has 1 aliphatic carbocycles. The van der Waals surface area contributed by atoms with E-state index in [2.05, 4.69) is 37.9 Å². The molecule has 1 aliphatic rings. The first-order valence-corrected chi connectivity index (χ1v) is 7.18. The Kier molecular flexibility index (Phi) is 6.37. The first-order chi connectivity index (χ1) is 7.69. The van der Waals surface area contributed by atoms with Crippen molar-refractivity contribution in [2.24, 2.45) is 0 Å². The average Bonchev–Trinajstić information content (AvgIpc) is 2.27. The Morgan fingerprint density at radius 2 is 1.75 bits per heavy atom. The lowest BCUT2D eigenvalue weighted by atomic mass is 9.89. The van der Waals surface area contributed by atoms with E-state index >= 15 is 0 Å². The van der Waals surface area contributed by atoms with Crippen molar-refractivity contribution in [3.63, 3.8) is 0 Å². The molecule has 0 aromatic carbocycles. The van der Waals surface area contributed by atoms with Gasteiger partial charge in [0.15, 0.2) is 0 Å². The van der Waals surface area contributed by atoms with Crippen LogP contribution >= 0.6 is 0 Å². The largest absolute Gasteiger partial charge is 0.314 e. The van der Waals surface area contributed by atoms with E-state index in [1.54, 1.807) is 0 Å². The average molecular weight is 226 g/mol. The van der Waals surface area contributed by atoms with Crippen molar-refractivity contribution < 1.29 is 0 Å². The van der Waals surface area contributed by atoms with Gasteiger partial charge in [-0.05, 0) is 59.0 Å². The predicted octanol–water partition coefficient (Wildman–Crippen LogP) is 3.03. The highest BCUT2D eigenvalue weighted by molar-refractivity contribution is 4.83. The van der Waals surface area contributed by atoms with Crippen molar-refractivity contribution >= 4 is 0 Å². The maximum Gasteiger partial charge on any atom is 0.00991 e. The molecule has 0 radical (unpaired) electrons. The van der Waals surface area contributed by atoms with Crippen LogP contribution in [0, 0.1) is 0 Å². The zero-order valence-electron chi connectivity index (χ0n) is 11.6. The van der Waals surface area contributed by atoms with Crippen molar-refractivity contribution in [3.8, 4) is 0 Å². The molecule has 0 aliphatic heterocycles. The maximum absolute atomic E-state index is 3.59. The summed E-state index contributed by atoms with van der Waals surface area (Å²) in [6.07, 6.45) is 6.79. The summed E-state index contributed by atoms with van der Waals surface area (Å²) in [7, 11) is 0. The number of nitrogens with one attached hydrogen (secondary N) is 1. The van der Waals surface area contributed by atoms with E-state index in [1.165, 1.54) is 38.6 Å². The molecule has 0 saturated heterocycles. The molecule has 2 nitrogen and oxygen atoms in total. The topological polar surface area (TPSA) is 15.3 Å². The van der Waals surface area contributed by atoms with Gasteiger partial charge in [0, 0.05) is 18.1 Å². The molecule has 0 amide bonds. The first kappa shape index (κ1) is 14.0. The Morgan fingerprint density at radius 1 is 1.12 bits per heavy atom. The molecule has 0 bridgehead atoms. The smallest absolute Gasteiger partial charge is 0.00991 e. The number of hydrogen-bond donors (Lipinski definition) is 1. The summed E-state index contributed by atoms with van der Waals surface area (Å²) in [4.78, 5) is 2.71. The van der Waals surface area contributed by atoms with Crippen LogP contribution in [0.2, 0.25) is 0 Å². The molecule has 0 atom stereocenters. The molecule has 0 aromatic heterocycles. The highest BCUT2D eigenvalue weighted by atomic mass is 15.2. The fourth-order valence-electron chi connectivity index (χ4n) is 3.02. The highest BCUT2D eigenvalue weighted by Gasteiger charge is 2.26. The van der Waals surface area contributed by atoms with Gasteiger partial charge in [0.25, 0.3) is 0 Å². The number of rotatable bonds is 6. The van der Waals surface area contributed by atoms with Crippen LogP contribution in [-0.2, 0) is 0 Å². The molecule has 16 heavy (non-hydrogen) atoms. The predicted molar refractivity (Wildman–Crippen MR) is 71.9 cm³/mol. The van der Waals surface area contributed by atoms with Crippen LogP contribution in [0.15, 0.2) is 0 Å². The molecule has 1 rings (SSSR count). The Bertz CT molecular complexity index is 172. The third-order valence-corrected chi connectivity index (χ3v) is 3.80. The van der Waals surface area contributed by atoms with Crippen molar-refractivity contribution in [2.75, 3.05) is 13.1 Å². The molecule has 96 valence electrons. The minimum absolute atomic E-state index is 0.709. The second-order valence-corrected chi connectivity index (χ2v) is 5.39. The second kappa shape index (κ2) is 7.29. The quantitative estimate of drug-likeness (QED) is 0.749. The van der Waals surface area contributed by atoms with Gasteiger partial charge in [0.05, 0.1) is 0 Å². The monoisotopic (exact) mass is 226 g/mol. The molecule has 1 N–H and O–H groups in total. The standard InChI is InChI=1S/C14H30N2/c1-5-11-16(12(3)4)14-9-7-13(8-10-14)15-6-2/h12-15H,5-11H2,1-4H3. The lowest BCUT2D eigenvalue weighted by molar-refractivity contribution is 0.111. The molecule has 0 spiro atoms. The fourth-order valence-corrected chi connectivity index (χ4v) is 3.02. The van der Waals surface area contributed by atoms with Gasteiger partial charge in [0.2, 0.25) is 0 Å². The van der Waals surface area contributed by atoms with E-state index in [1.807, 2.05) is 0 Å². The normalized spacial score (nSPS) is 26.6. The van der Waals surface area contributed by atoms with E-state index in [0.717, 1.165) is 18.6 Å². The van der Waals surface area contributed by atoms with Gasteiger partial charge in [-0.2, -0.15) is 0 Å². The third-order valence-electron chi connectivity index (χ3n) is 3.80. The summed E-state index contributed by atoms with van der Waals surface area (Å²) in [6.45, 7) is 11.6. The lowest BCUT2D eigenvalue weighted by Crippen LogP contribution is -2.45. The SMILES string of the molecule is CCCN(C(C)C)C1CCC(NCC)CC1. The molecule has 0 aromatic rings. The molecular formula is C14H30N2. The van der Waals surface area contributed by atoms with E-state index in [9.17, 15) is 0 Å². The van der Waals surface area contributed by atoms with Gasteiger partial charge < -0.3 is 5.32 Å². The van der Waals surface area contributed by atoms with E-state index in [0.29, 0.717) is 6.04 Å². The summed E-state index contributed by atoms with van der Waals surface area (Å²) in [6, 6.07) is 2.34. The molecule has 1 fully saturated rings. The molecular weight excluding hydrogens is 196 g/mol. The zero-order chi connectivity index (χ0) is 12.0. The van der Waals surface area contributed by atoms with Crippen LogP contribution in [0.25, 0.3) is 0 Å². The Hall–Kier alpha value is -0.0800. The van der Waals surface area contributed by atoms with Gasteiger partial charge in [-0.25, -0.2) is 0 Å². The van der Waals surface area contributed by atoms with Gasteiger partial charge >= 0.3 is 0 Å². The Balaban J connectivity index is 2.38. The molecule has 0 heterocycles. The van der Waals surface area contributed by atoms with E-state index in [-0.39, 0.29) is 0 Å². The lowest BCUT2D eigenvalue weighted by Gasteiger charge is -2.39. The summed E-state index contributed by atoms with van der Waals surface area (Å²) < 4.78 is 0. The van der Waals surface area contributed by atoms with Gasteiger partial charge in [-0.15, -0.1) is 0 Å². The third kappa shape index (κ3) is 4.06. The Morgan fingerprint density at radius 3 is 2.19 bits per heavy atom. The van der Waals surface area contributed by atoms with Crippen LogP contribution < -0.4 is 5.32 Å². The molecule has 1 saturated carbocycles. The van der Waals surface area contributed by atoms with Crippen molar-refractivity contribution in [1.29, 1.82) is 0 Å². The Labute approximate surface area is 102 Å². The van der Waals surface area contributed by atoms with Crippen LogP contribution in [0.4, 0.5) is 0 Å². The fraction of sp³-hybridized carbons (Fsp3) is 1.00. The van der Waals surface area contributed by atoms with Gasteiger partial charge in [-0.1, -0.05) is 13.8 Å². The molecule has 0 unspecified atom stereocenters. The second-order valence-electron chi connectivity index (χ2n) is 5.39.